The fourth-order valence-electron chi connectivity index (χ4n) is 2.66. The summed E-state index contributed by atoms with van der Waals surface area (Å²) in [5.41, 5.74) is 5.98. The summed E-state index contributed by atoms with van der Waals surface area (Å²) in [6, 6.07) is 27.6. The molecule has 0 aliphatic rings. The molecule has 0 bridgehead atoms. The van der Waals surface area contributed by atoms with E-state index in [0.29, 0.717) is 0 Å². The Balaban J connectivity index is 1.62. The van der Waals surface area contributed by atoms with Gasteiger partial charge in [-0.05, 0) is 54.3 Å². The molecule has 0 spiro atoms. The maximum Gasteiger partial charge on any atom is 0.0384 e. The summed E-state index contributed by atoms with van der Waals surface area (Å²) in [7, 11) is 0. The number of anilines is 2. The highest BCUT2D eigenvalue weighted by Gasteiger charge is 1.98. The zero-order valence-corrected chi connectivity index (χ0v) is 14.5. The van der Waals surface area contributed by atoms with Gasteiger partial charge in [-0.25, -0.2) is 0 Å². The second kappa shape index (κ2) is 8.70. The molecule has 0 aromatic heterocycles. The van der Waals surface area contributed by atoms with Crippen molar-refractivity contribution in [2.75, 3.05) is 5.32 Å². The molecule has 0 saturated heterocycles. The lowest BCUT2D eigenvalue weighted by Gasteiger charge is -2.08. The van der Waals surface area contributed by atoms with Crippen molar-refractivity contribution in [3.05, 3.63) is 109 Å². The Hall–Kier alpha value is -3.06. The minimum Gasteiger partial charge on any atom is -0.356 e. The smallest absolute Gasteiger partial charge is 0.0384 e. The van der Waals surface area contributed by atoms with Gasteiger partial charge in [-0.1, -0.05) is 78.9 Å². The lowest BCUT2D eigenvalue weighted by molar-refractivity contribution is 1.27. The number of hydrogen-bond acceptors (Lipinski definition) is 1. The first kappa shape index (κ1) is 16.8. The Kier molecular flexibility index (Phi) is 5.84. The molecule has 0 amide bonds. The molecule has 0 fully saturated rings. The Morgan fingerprint density at radius 1 is 0.680 bits per heavy atom. The van der Waals surface area contributed by atoms with Crippen molar-refractivity contribution in [3.63, 3.8) is 0 Å². The van der Waals surface area contributed by atoms with E-state index < -0.39 is 0 Å². The largest absolute Gasteiger partial charge is 0.356 e. The molecule has 1 heteroatoms. The van der Waals surface area contributed by atoms with E-state index >= 15 is 0 Å². The molecule has 0 aliphatic heterocycles. The summed E-state index contributed by atoms with van der Waals surface area (Å²) >= 11 is 0. The molecule has 124 valence electrons. The van der Waals surface area contributed by atoms with Crippen LogP contribution in [0.15, 0.2) is 103 Å². The first-order chi connectivity index (χ1) is 12.3. The van der Waals surface area contributed by atoms with E-state index in [4.69, 9.17) is 0 Å². The second-order valence-electron chi connectivity index (χ2n) is 5.92. The molecule has 25 heavy (non-hydrogen) atoms. The van der Waals surface area contributed by atoms with E-state index in [1.165, 1.54) is 16.7 Å². The van der Waals surface area contributed by atoms with E-state index in [1.54, 1.807) is 0 Å². The molecule has 0 atom stereocenters. The monoisotopic (exact) mass is 325 g/mol. The zero-order chi connectivity index (χ0) is 17.3. The topological polar surface area (TPSA) is 12.0 Å². The van der Waals surface area contributed by atoms with Crippen LogP contribution in [0.1, 0.15) is 12.5 Å². The SMILES string of the molecule is CC=CC=CCc1ccc(Nc2ccc(-c3ccccc3)cc2)cc1. The Morgan fingerprint density at radius 2 is 1.28 bits per heavy atom. The van der Waals surface area contributed by atoms with Gasteiger partial charge >= 0.3 is 0 Å². The van der Waals surface area contributed by atoms with Gasteiger partial charge in [0, 0.05) is 11.4 Å². The van der Waals surface area contributed by atoms with Gasteiger partial charge in [0.15, 0.2) is 0 Å². The Bertz CT molecular complexity index is 826. The Morgan fingerprint density at radius 3 is 1.92 bits per heavy atom. The molecule has 3 aromatic rings. The van der Waals surface area contributed by atoms with Crippen molar-refractivity contribution in [1.82, 2.24) is 0 Å². The quantitative estimate of drug-likeness (QED) is 0.493. The molecular formula is C24H23N. The molecule has 0 radical (unpaired) electrons. The first-order valence-corrected chi connectivity index (χ1v) is 8.64. The summed E-state index contributed by atoms with van der Waals surface area (Å²) in [4.78, 5) is 0. The van der Waals surface area contributed by atoms with E-state index in [9.17, 15) is 0 Å². The van der Waals surface area contributed by atoms with Gasteiger partial charge in [0.25, 0.3) is 0 Å². The minimum absolute atomic E-state index is 0.955. The van der Waals surface area contributed by atoms with Gasteiger partial charge in [-0.15, -0.1) is 0 Å². The van der Waals surface area contributed by atoms with Crippen LogP contribution in [0, 0.1) is 0 Å². The predicted molar refractivity (Wildman–Crippen MR) is 109 cm³/mol. The molecule has 0 aliphatic carbocycles. The van der Waals surface area contributed by atoms with Crippen molar-refractivity contribution >= 4 is 11.4 Å². The summed E-state index contributed by atoms with van der Waals surface area (Å²) in [6.45, 7) is 2.02. The fourth-order valence-corrected chi connectivity index (χ4v) is 2.66. The third-order valence-electron chi connectivity index (χ3n) is 4.03. The molecule has 3 rings (SSSR count). The number of rotatable bonds is 6. The van der Waals surface area contributed by atoms with Crippen LogP contribution in [0.25, 0.3) is 11.1 Å². The van der Waals surface area contributed by atoms with E-state index in [2.05, 4.69) is 96.3 Å². The first-order valence-electron chi connectivity index (χ1n) is 8.64. The van der Waals surface area contributed by atoms with Crippen LogP contribution < -0.4 is 5.32 Å². The second-order valence-corrected chi connectivity index (χ2v) is 5.92. The fraction of sp³-hybridized carbons (Fsp3) is 0.0833. The van der Waals surface area contributed by atoms with Crippen LogP contribution >= 0.6 is 0 Å². The van der Waals surface area contributed by atoms with Gasteiger partial charge in [0.1, 0.15) is 0 Å². The molecule has 0 saturated carbocycles. The maximum atomic E-state index is 3.46. The van der Waals surface area contributed by atoms with Crippen LogP contribution in [0.2, 0.25) is 0 Å². The standard InChI is InChI=1S/C24H23N/c1-2-3-4-6-9-20-12-16-23(17-13-20)25-24-18-14-22(15-19-24)21-10-7-5-8-11-21/h2-8,10-19,25H,9H2,1H3. The minimum atomic E-state index is 0.955. The van der Waals surface area contributed by atoms with Gasteiger partial charge < -0.3 is 5.32 Å². The molecule has 0 unspecified atom stereocenters. The highest BCUT2D eigenvalue weighted by Crippen LogP contribution is 2.23. The van der Waals surface area contributed by atoms with Gasteiger partial charge in [0.05, 0.1) is 0 Å². The number of hydrogen-bond donors (Lipinski definition) is 1. The van der Waals surface area contributed by atoms with Crippen LogP contribution in [0.3, 0.4) is 0 Å². The van der Waals surface area contributed by atoms with Crippen molar-refractivity contribution < 1.29 is 0 Å². The van der Waals surface area contributed by atoms with E-state index in [-0.39, 0.29) is 0 Å². The summed E-state index contributed by atoms with van der Waals surface area (Å²) in [6.07, 6.45) is 9.29. The van der Waals surface area contributed by atoms with Crippen LogP contribution in [-0.2, 0) is 6.42 Å². The zero-order valence-electron chi connectivity index (χ0n) is 14.5. The Labute approximate surface area is 150 Å². The molecule has 1 nitrogen and oxygen atoms in total. The van der Waals surface area contributed by atoms with Crippen LogP contribution in [-0.4, -0.2) is 0 Å². The third-order valence-corrected chi connectivity index (χ3v) is 4.03. The highest BCUT2D eigenvalue weighted by atomic mass is 14.9. The number of nitrogens with one attached hydrogen (secondary N) is 1. The predicted octanol–water partition coefficient (Wildman–Crippen LogP) is 6.77. The normalized spacial score (nSPS) is 11.2. The van der Waals surface area contributed by atoms with Crippen molar-refractivity contribution in [3.8, 4) is 11.1 Å². The average Bonchev–Trinajstić information content (AvgIpc) is 2.68. The summed E-state index contributed by atoms with van der Waals surface area (Å²) in [5.74, 6) is 0. The molecular weight excluding hydrogens is 302 g/mol. The van der Waals surface area contributed by atoms with Crippen molar-refractivity contribution in [1.29, 1.82) is 0 Å². The van der Waals surface area contributed by atoms with E-state index in [1.807, 2.05) is 19.1 Å². The molecule has 3 aromatic carbocycles. The summed E-state index contributed by atoms with van der Waals surface area (Å²) in [5, 5.41) is 3.46. The van der Waals surface area contributed by atoms with Crippen LogP contribution in [0.4, 0.5) is 11.4 Å². The van der Waals surface area contributed by atoms with Crippen molar-refractivity contribution in [2.24, 2.45) is 0 Å². The van der Waals surface area contributed by atoms with E-state index in [0.717, 1.165) is 17.8 Å². The van der Waals surface area contributed by atoms with Gasteiger partial charge in [-0.2, -0.15) is 0 Å². The maximum absolute atomic E-state index is 3.46. The number of benzene rings is 3. The average molecular weight is 325 g/mol. The third kappa shape index (κ3) is 4.95. The number of allylic oxidation sites excluding steroid dienone is 4. The molecule has 0 heterocycles. The lowest BCUT2D eigenvalue weighted by Crippen LogP contribution is -1.91. The highest BCUT2D eigenvalue weighted by molar-refractivity contribution is 5.68. The van der Waals surface area contributed by atoms with Crippen LogP contribution in [0.5, 0.6) is 0 Å². The molecule has 1 N–H and O–H groups in total. The van der Waals surface area contributed by atoms with Gasteiger partial charge in [0.2, 0.25) is 0 Å². The van der Waals surface area contributed by atoms with Gasteiger partial charge in [-0.3, -0.25) is 0 Å². The lowest BCUT2D eigenvalue weighted by atomic mass is 10.1. The van der Waals surface area contributed by atoms with Crippen molar-refractivity contribution in [2.45, 2.75) is 13.3 Å². The summed E-state index contributed by atoms with van der Waals surface area (Å²) < 4.78 is 0.